The predicted molar refractivity (Wildman–Crippen MR) is 119 cm³/mol. The van der Waals surface area contributed by atoms with Crippen LogP contribution in [0.5, 0.6) is 5.75 Å². The molecule has 1 heterocycles. The highest BCUT2D eigenvalue weighted by Gasteiger charge is 2.44. The summed E-state index contributed by atoms with van der Waals surface area (Å²) in [7, 11) is 1.56. The molecule has 1 amide bonds. The third kappa shape index (κ3) is 4.14. The van der Waals surface area contributed by atoms with Crippen molar-refractivity contribution >= 4 is 23.5 Å². The molecule has 4 rings (SSSR count). The zero-order chi connectivity index (χ0) is 22.0. The maximum absolute atomic E-state index is 13.5. The van der Waals surface area contributed by atoms with Gasteiger partial charge in [0, 0.05) is 17.1 Å². The zero-order valence-electron chi connectivity index (χ0n) is 17.0. The van der Waals surface area contributed by atoms with Crippen molar-refractivity contribution in [2.45, 2.75) is 18.4 Å². The number of fused-ring (bicyclic) bond motifs is 1. The number of nitrogens with zero attached hydrogens (tertiary/aromatic N) is 1. The first-order valence-corrected chi connectivity index (χ1v) is 10.4. The molecule has 0 saturated heterocycles. The minimum absolute atomic E-state index is 0.171. The lowest BCUT2D eigenvalue weighted by atomic mass is 9.79. The maximum atomic E-state index is 13.5. The smallest absolute Gasteiger partial charge is 0.313 e. The van der Waals surface area contributed by atoms with Gasteiger partial charge >= 0.3 is 5.97 Å². The van der Waals surface area contributed by atoms with Crippen LogP contribution in [0.4, 0.5) is 0 Å². The number of amides is 1. The average molecular weight is 436 g/mol. The van der Waals surface area contributed by atoms with Crippen molar-refractivity contribution in [3.63, 3.8) is 0 Å². The monoisotopic (exact) mass is 435 g/mol. The predicted octanol–water partition coefficient (Wildman–Crippen LogP) is 4.96. The largest absolute Gasteiger partial charge is 0.497 e. The van der Waals surface area contributed by atoms with Crippen LogP contribution in [-0.2, 0) is 11.2 Å². The first-order valence-electron chi connectivity index (χ1n) is 10.0. The number of carbonyl (C=O) groups is 2. The molecule has 2 unspecified atom stereocenters. The summed E-state index contributed by atoms with van der Waals surface area (Å²) in [4.78, 5) is 27.6. The van der Waals surface area contributed by atoms with Crippen molar-refractivity contribution in [2.75, 3.05) is 13.7 Å². The number of halogens is 1. The third-order valence-corrected chi connectivity index (χ3v) is 5.95. The van der Waals surface area contributed by atoms with Gasteiger partial charge in [-0.1, -0.05) is 54.1 Å². The number of carbonyl (C=O) groups excluding carboxylic acids is 1. The van der Waals surface area contributed by atoms with Crippen molar-refractivity contribution in [3.8, 4) is 5.75 Å². The third-order valence-electron chi connectivity index (χ3n) is 5.69. The van der Waals surface area contributed by atoms with Crippen LogP contribution < -0.4 is 4.74 Å². The number of rotatable bonds is 6. The van der Waals surface area contributed by atoms with Gasteiger partial charge in [-0.25, -0.2) is 0 Å². The summed E-state index contributed by atoms with van der Waals surface area (Å²) in [6.45, 7) is 0.375. The zero-order valence-corrected chi connectivity index (χ0v) is 17.8. The van der Waals surface area contributed by atoms with Gasteiger partial charge in [-0.05, 0) is 53.4 Å². The number of ether oxygens (including phenoxy) is 1. The lowest BCUT2D eigenvalue weighted by Crippen LogP contribution is -2.45. The lowest BCUT2D eigenvalue weighted by molar-refractivity contribution is -0.140. The second-order valence-corrected chi connectivity index (χ2v) is 7.94. The Labute approximate surface area is 185 Å². The van der Waals surface area contributed by atoms with E-state index in [0.717, 1.165) is 11.1 Å². The van der Waals surface area contributed by atoms with Gasteiger partial charge in [-0.2, -0.15) is 0 Å². The van der Waals surface area contributed by atoms with Crippen LogP contribution in [0.1, 0.15) is 39.0 Å². The molecule has 3 aromatic carbocycles. The molecule has 0 fully saturated rings. The molecule has 1 aliphatic heterocycles. The molecule has 3 aromatic rings. The molecule has 1 aliphatic rings. The summed E-state index contributed by atoms with van der Waals surface area (Å²) in [5, 5.41) is 10.8. The fourth-order valence-electron chi connectivity index (χ4n) is 4.20. The minimum Gasteiger partial charge on any atom is -0.497 e. The molecule has 0 radical (unpaired) electrons. The van der Waals surface area contributed by atoms with Crippen LogP contribution in [0.3, 0.4) is 0 Å². The minimum atomic E-state index is -0.968. The molecule has 2 atom stereocenters. The molecule has 0 saturated carbocycles. The molecule has 31 heavy (non-hydrogen) atoms. The Morgan fingerprint density at radius 3 is 2.52 bits per heavy atom. The van der Waals surface area contributed by atoms with Crippen molar-refractivity contribution < 1.29 is 19.4 Å². The summed E-state index contributed by atoms with van der Waals surface area (Å²) in [6.07, 6.45) is 0.581. The Morgan fingerprint density at radius 1 is 1.06 bits per heavy atom. The fraction of sp³-hybridized carbons (Fsp3) is 0.200. The first kappa shape index (κ1) is 20.9. The van der Waals surface area contributed by atoms with E-state index in [1.807, 2.05) is 36.4 Å². The number of hydrogen-bond acceptors (Lipinski definition) is 3. The van der Waals surface area contributed by atoms with E-state index >= 15 is 0 Å². The van der Waals surface area contributed by atoms with E-state index in [4.69, 9.17) is 16.3 Å². The molecule has 0 spiro atoms. The van der Waals surface area contributed by atoms with Crippen molar-refractivity contribution in [1.82, 2.24) is 4.90 Å². The molecule has 6 heteroatoms. The molecular formula is C25H22ClNO4. The van der Waals surface area contributed by atoms with Gasteiger partial charge in [0.2, 0.25) is 0 Å². The highest BCUT2D eigenvalue weighted by atomic mass is 35.5. The second kappa shape index (κ2) is 8.82. The topological polar surface area (TPSA) is 66.8 Å². The second-order valence-electron chi connectivity index (χ2n) is 7.50. The number of benzene rings is 3. The van der Waals surface area contributed by atoms with E-state index in [0.29, 0.717) is 34.9 Å². The molecule has 158 valence electrons. The van der Waals surface area contributed by atoms with Crippen LogP contribution in [0, 0.1) is 0 Å². The summed E-state index contributed by atoms with van der Waals surface area (Å²) < 4.78 is 5.35. The summed E-state index contributed by atoms with van der Waals surface area (Å²) in [6, 6.07) is 21.0. The fourth-order valence-corrected chi connectivity index (χ4v) is 4.33. The van der Waals surface area contributed by atoms with E-state index in [-0.39, 0.29) is 5.91 Å². The number of carboxylic acid groups (broad SMARTS) is 1. The number of aliphatic carboxylic acids is 1. The summed E-state index contributed by atoms with van der Waals surface area (Å²) >= 11 is 5.98. The van der Waals surface area contributed by atoms with E-state index in [9.17, 15) is 14.7 Å². The van der Waals surface area contributed by atoms with Gasteiger partial charge in [0.25, 0.3) is 5.91 Å². The summed E-state index contributed by atoms with van der Waals surface area (Å²) in [5.74, 6) is -1.41. The van der Waals surface area contributed by atoms with E-state index < -0.39 is 17.9 Å². The molecule has 5 nitrogen and oxygen atoms in total. The van der Waals surface area contributed by atoms with Crippen molar-refractivity contribution in [3.05, 3.63) is 100 Å². The van der Waals surface area contributed by atoms with Crippen molar-refractivity contribution in [2.24, 2.45) is 0 Å². The molecule has 0 aromatic heterocycles. The summed E-state index contributed by atoms with van der Waals surface area (Å²) in [5.41, 5.74) is 2.72. The quantitative estimate of drug-likeness (QED) is 0.594. The average Bonchev–Trinajstić information content (AvgIpc) is 2.79. The van der Waals surface area contributed by atoms with Crippen molar-refractivity contribution in [1.29, 1.82) is 0 Å². The van der Waals surface area contributed by atoms with Crippen LogP contribution in [-0.4, -0.2) is 35.5 Å². The highest BCUT2D eigenvalue weighted by molar-refractivity contribution is 6.30. The van der Waals surface area contributed by atoms with Gasteiger partial charge in [-0.3, -0.25) is 9.59 Å². The Kier molecular flexibility index (Phi) is 5.96. The first-order chi connectivity index (χ1) is 15.0. The Bertz CT molecular complexity index is 1110. The standard InChI is InChI=1S/C25H22ClNO4/c1-31-19-6-4-5-17(15-19)23-22(25(29)30)20-7-2-3-8-21(20)24(28)27(23)14-13-16-9-11-18(26)12-10-16/h2-12,15,22-23H,13-14H2,1H3,(H,29,30). The molecule has 1 N–H and O–H groups in total. The van der Waals surface area contributed by atoms with Gasteiger partial charge in [0.15, 0.2) is 0 Å². The molecule has 0 aliphatic carbocycles. The highest BCUT2D eigenvalue weighted by Crippen LogP contribution is 2.43. The Balaban J connectivity index is 1.79. The lowest BCUT2D eigenvalue weighted by Gasteiger charge is -2.41. The molecule has 0 bridgehead atoms. The molecular weight excluding hydrogens is 414 g/mol. The van der Waals surface area contributed by atoms with Gasteiger partial charge in [0.05, 0.1) is 13.2 Å². The Morgan fingerprint density at radius 2 is 1.81 bits per heavy atom. The van der Waals surface area contributed by atoms with Crippen LogP contribution in [0.15, 0.2) is 72.8 Å². The number of hydrogen-bond donors (Lipinski definition) is 1. The van der Waals surface area contributed by atoms with Crippen LogP contribution in [0.2, 0.25) is 5.02 Å². The van der Waals surface area contributed by atoms with Gasteiger partial charge < -0.3 is 14.7 Å². The SMILES string of the molecule is COc1cccc(C2C(C(=O)O)c3ccccc3C(=O)N2CCc2ccc(Cl)cc2)c1. The van der Waals surface area contributed by atoms with E-state index in [1.54, 1.807) is 48.4 Å². The van der Waals surface area contributed by atoms with Gasteiger partial charge in [-0.15, -0.1) is 0 Å². The van der Waals surface area contributed by atoms with Gasteiger partial charge in [0.1, 0.15) is 11.7 Å². The normalized spacial score (nSPS) is 17.9. The van der Waals surface area contributed by atoms with Crippen LogP contribution in [0.25, 0.3) is 0 Å². The Hall–Kier alpha value is -3.31. The number of methoxy groups -OCH3 is 1. The number of carboxylic acids is 1. The van der Waals surface area contributed by atoms with E-state index in [1.165, 1.54) is 0 Å². The van der Waals surface area contributed by atoms with Crippen LogP contribution >= 0.6 is 11.6 Å². The maximum Gasteiger partial charge on any atom is 0.313 e. The van der Waals surface area contributed by atoms with E-state index in [2.05, 4.69) is 0 Å².